The maximum Gasteiger partial charge on any atom is 0.276 e. The Morgan fingerprint density at radius 2 is 1.63 bits per heavy atom. The second-order valence-corrected chi connectivity index (χ2v) is 8.11. The third-order valence-electron chi connectivity index (χ3n) is 6.02. The average Bonchev–Trinajstić information content (AvgIpc) is 2.93. The highest BCUT2D eigenvalue weighted by atomic mass is 16.2. The van der Waals surface area contributed by atoms with Crippen LogP contribution in [-0.2, 0) is 18.4 Å². The normalized spacial score (nSPS) is 17.5. The lowest BCUT2D eigenvalue weighted by atomic mass is 10.1. The van der Waals surface area contributed by atoms with Crippen molar-refractivity contribution in [3.8, 4) is 5.69 Å². The van der Waals surface area contributed by atoms with Gasteiger partial charge in [-0.25, -0.2) is 4.68 Å². The fourth-order valence-electron chi connectivity index (χ4n) is 4.39. The molecule has 0 aliphatic carbocycles. The number of aromatic nitrogens is 2. The second-order valence-electron chi connectivity index (χ2n) is 8.11. The van der Waals surface area contributed by atoms with Gasteiger partial charge in [0.1, 0.15) is 0 Å². The van der Waals surface area contributed by atoms with Crippen LogP contribution in [0, 0.1) is 13.8 Å². The van der Waals surface area contributed by atoms with Crippen molar-refractivity contribution in [1.82, 2.24) is 14.3 Å². The molecular formula is C24H28N4O2. The van der Waals surface area contributed by atoms with E-state index in [1.807, 2.05) is 85.1 Å². The number of hydrogen-bond donors (Lipinski definition) is 0. The minimum absolute atomic E-state index is 0.0253. The molecule has 1 aliphatic heterocycles. The van der Waals surface area contributed by atoms with E-state index in [9.17, 15) is 9.59 Å². The summed E-state index contributed by atoms with van der Waals surface area (Å²) in [4.78, 5) is 30.2. The second kappa shape index (κ2) is 7.95. The van der Waals surface area contributed by atoms with Crippen molar-refractivity contribution in [3.63, 3.8) is 0 Å². The molecule has 6 nitrogen and oxygen atoms in total. The molecule has 1 aliphatic rings. The summed E-state index contributed by atoms with van der Waals surface area (Å²) in [5.74, 6) is 0.0695. The Kier molecular flexibility index (Phi) is 5.35. The van der Waals surface area contributed by atoms with Crippen LogP contribution in [0.25, 0.3) is 5.69 Å². The predicted molar refractivity (Wildman–Crippen MR) is 119 cm³/mol. The van der Waals surface area contributed by atoms with Crippen LogP contribution in [0.2, 0.25) is 0 Å². The lowest BCUT2D eigenvalue weighted by molar-refractivity contribution is -0.122. The van der Waals surface area contributed by atoms with E-state index in [4.69, 9.17) is 0 Å². The van der Waals surface area contributed by atoms with E-state index < -0.39 is 0 Å². The van der Waals surface area contributed by atoms with Crippen LogP contribution in [0.5, 0.6) is 0 Å². The first-order chi connectivity index (χ1) is 14.4. The quantitative estimate of drug-likeness (QED) is 0.672. The molecule has 1 atom stereocenters. The van der Waals surface area contributed by atoms with E-state index in [0.29, 0.717) is 13.1 Å². The van der Waals surface area contributed by atoms with Crippen LogP contribution in [0.4, 0.5) is 5.69 Å². The molecule has 1 fully saturated rings. The number of benzene rings is 2. The first kappa shape index (κ1) is 20.2. The molecule has 1 aromatic heterocycles. The zero-order valence-corrected chi connectivity index (χ0v) is 18.0. The number of aryl methyl sites for hydroxylation is 1. The van der Waals surface area contributed by atoms with Crippen molar-refractivity contribution >= 4 is 11.6 Å². The van der Waals surface area contributed by atoms with E-state index in [-0.39, 0.29) is 17.5 Å². The zero-order valence-electron chi connectivity index (χ0n) is 18.0. The Bertz CT molecular complexity index is 1130. The zero-order chi connectivity index (χ0) is 21.4. The molecule has 0 N–H and O–H groups in total. The van der Waals surface area contributed by atoms with E-state index >= 15 is 0 Å². The SMILES string of the molecule is Cc1ccccc1N1C(=O)CN(Cc2c(C)n(C)n(-c3ccccc3)c2=O)CC1C. The summed E-state index contributed by atoms with van der Waals surface area (Å²) in [5, 5.41) is 0. The molecule has 0 radical (unpaired) electrons. The summed E-state index contributed by atoms with van der Waals surface area (Å²) in [5.41, 5.74) is 4.54. The minimum Gasteiger partial charge on any atom is -0.307 e. The molecule has 0 saturated carbocycles. The van der Waals surface area contributed by atoms with Crippen LogP contribution < -0.4 is 10.5 Å². The number of carbonyl (C=O) groups excluding carboxylic acids is 1. The van der Waals surface area contributed by atoms with Crippen molar-refractivity contribution in [2.45, 2.75) is 33.4 Å². The van der Waals surface area contributed by atoms with Gasteiger partial charge in [0.25, 0.3) is 5.56 Å². The van der Waals surface area contributed by atoms with Crippen LogP contribution in [-0.4, -0.2) is 39.3 Å². The Morgan fingerprint density at radius 3 is 2.30 bits per heavy atom. The van der Waals surface area contributed by atoms with Gasteiger partial charge in [0, 0.05) is 37.6 Å². The molecule has 30 heavy (non-hydrogen) atoms. The number of piperazine rings is 1. The summed E-state index contributed by atoms with van der Waals surface area (Å²) >= 11 is 0. The maximum absolute atomic E-state index is 13.2. The van der Waals surface area contributed by atoms with Gasteiger partial charge in [0.05, 0.1) is 17.8 Å². The first-order valence-corrected chi connectivity index (χ1v) is 10.3. The van der Waals surface area contributed by atoms with Crippen LogP contribution in [0.15, 0.2) is 59.4 Å². The molecule has 2 heterocycles. The highest BCUT2D eigenvalue weighted by Gasteiger charge is 2.32. The molecule has 0 spiro atoms. The number of amides is 1. The highest BCUT2D eigenvalue weighted by Crippen LogP contribution is 2.25. The first-order valence-electron chi connectivity index (χ1n) is 10.3. The topological polar surface area (TPSA) is 50.5 Å². The summed E-state index contributed by atoms with van der Waals surface area (Å²) in [6.45, 7) is 7.55. The van der Waals surface area contributed by atoms with Gasteiger partial charge >= 0.3 is 0 Å². The van der Waals surface area contributed by atoms with Gasteiger partial charge in [-0.3, -0.25) is 19.2 Å². The summed E-state index contributed by atoms with van der Waals surface area (Å²) in [7, 11) is 1.90. The van der Waals surface area contributed by atoms with Crippen LogP contribution in [0.1, 0.15) is 23.7 Å². The van der Waals surface area contributed by atoms with Crippen molar-refractivity contribution in [2.75, 3.05) is 18.0 Å². The summed E-state index contributed by atoms with van der Waals surface area (Å²) < 4.78 is 3.58. The monoisotopic (exact) mass is 404 g/mol. The molecule has 3 aromatic rings. The fourth-order valence-corrected chi connectivity index (χ4v) is 4.39. The molecule has 2 aromatic carbocycles. The number of hydrogen-bond acceptors (Lipinski definition) is 3. The van der Waals surface area contributed by atoms with Crippen molar-refractivity contribution in [2.24, 2.45) is 7.05 Å². The number of carbonyl (C=O) groups is 1. The smallest absolute Gasteiger partial charge is 0.276 e. The highest BCUT2D eigenvalue weighted by molar-refractivity contribution is 5.96. The van der Waals surface area contributed by atoms with Gasteiger partial charge in [-0.05, 0) is 44.5 Å². The fraction of sp³-hybridized carbons (Fsp3) is 0.333. The Morgan fingerprint density at radius 1 is 0.967 bits per heavy atom. The number of nitrogens with zero attached hydrogens (tertiary/aromatic N) is 4. The molecule has 4 rings (SSSR count). The molecule has 0 bridgehead atoms. The van der Waals surface area contributed by atoms with E-state index in [0.717, 1.165) is 34.7 Å². The van der Waals surface area contributed by atoms with Gasteiger partial charge in [-0.15, -0.1) is 0 Å². The lowest BCUT2D eigenvalue weighted by Crippen LogP contribution is -2.55. The number of rotatable bonds is 4. The van der Waals surface area contributed by atoms with Gasteiger partial charge in [-0.2, -0.15) is 0 Å². The largest absolute Gasteiger partial charge is 0.307 e. The van der Waals surface area contributed by atoms with Crippen molar-refractivity contribution in [3.05, 3.63) is 81.8 Å². The summed E-state index contributed by atoms with van der Waals surface area (Å²) in [6, 6.07) is 17.7. The van der Waals surface area contributed by atoms with Crippen molar-refractivity contribution in [1.29, 1.82) is 0 Å². The molecule has 1 unspecified atom stereocenters. The van der Waals surface area contributed by atoms with Crippen LogP contribution in [0.3, 0.4) is 0 Å². The molecule has 6 heteroatoms. The Hall–Kier alpha value is -3.12. The van der Waals surface area contributed by atoms with E-state index in [1.165, 1.54) is 0 Å². The summed E-state index contributed by atoms with van der Waals surface area (Å²) in [6.07, 6.45) is 0. The van der Waals surface area contributed by atoms with Crippen LogP contribution >= 0.6 is 0 Å². The minimum atomic E-state index is -0.0253. The number of anilines is 1. The van der Waals surface area contributed by atoms with Crippen molar-refractivity contribution < 1.29 is 4.79 Å². The van der Waals surface area contributed by atoms with Gasteiger partial charge in [0.15, 0.2) is 0 Å². The maximum atomic E-state index is 13.2. The third kappa shape index (κ3) is 3.48. The molecule has 156 valence electrons. The Labute approximate surface area is 176 Å². The molecule has 1 amide bonds. The third-order valence-corrected chi connectivity index (χ3v) is 6.02. The predicted octanol–water partition coefficient (Wildman–Crippen LogP) is 3.03. The lowest BCUT2D eigenvalue weighted by Gasteiger charge is -2.40. The Balaban J connectivity index is 1.59. The standard InChI is InChI=1S/C24H28N4O2/c1-17-10-8-9-13-22(17)27-18(2)14-26(16-23(27)29)15-21-19(3)25(4)28(24(21)30)20-11-6-5-7-12-20/h5-13,18H,14-16H2,1-4H3. The van der Waals surface area contributed by atoms with E-state index in [1.54, 1.807) is 4.68 Å². The molecule has 1 saturated heterocycles. The van der Waals surface area contributed by atoms with Gasteiger partial charge < -0.3 is 4.90 Å². The average molecular weight is 405 g/mol. The number of para-hydroxylation sites is 2. The van der Waals surface area contributed by atoms with Gasteiger partial charge in [-0.1, -0.05) is 36.4 Å². The van der Waals surface area contributed by atoms with Gasteiger partial charge in [0.2, 0.25) is 5.91 Å². The molecular weight excluding hydrogens is 376 g/mol. The van der Waals surface area contributed by atoms with E-state index in [2.05, 4.69) is 11.8 Å².